The van der Waals surface area contributed by atoms with Crippen LogP contribution in [-0.2, 0) is 9.53 Å². The van der Waals surface area contributed by atoms with Crippen molar-refractivity contribution in [3.05, 3.63) is 17.9 Å². The van der Waals surface area contributed by atoms with Crippen molar-refractivity contribution < 1.29 is 18.7 Å². The summed E-state index contributed by atoms with van der Waals surface area (Å²) in [7, 11) is 0. The second kappa shape index (κ2) is 7.45. The molecule has 0 saturated heterocycles. The van der Waals surface area contributed by atoms with Crippen molar-refractivity contribution in [2.75, 3.05) is 25.4 Å². The number of hydrogen-bond donors (Lipinski definition) is 1. The number of carbonyl (C=O) groups is 2. The molecule has 0 bridgehead atoms. The number of rotatable bonds is 7. The van der Waals surface area contributed by atoms with Gasteiger partial charge in [-0.3, -0.25) is 9.59 Å². The SMILES string of the molecule is CCCN(CCC(=O)OCC)C(=O)c1ccc(N)o1. The lowest BCUT2D eigenvalue weighted by Gasteiger charge is -2.20. The molecule has 6 nitrogen and oxygen atoms in total. The molecule has 1 aromatic rings. The number of carbonyl (C=O) groups excluding carboxylic acids is 2. The average Bonchev–Trinajstić information content (AvgIpc) is 2.80. The molecule has 19 heavy (non-hydrogen) atoms. The molecule has 1 amide bonds. The van der Waals surface area contributed by atoms with Crippen molar-refractivity contribution in [2.24, 2.45) is 0 Å². The molecule has 0 unspecified atom stereocenters. The summed E-state index contributed by atoms with van der Waals surface area (Å²) < 4.78 is 9.94. The molecule has 0 aliphatic carbocycles. The number of amides is 1. The molecule has 0 aromatic carbocycles. The molecule has 0 aliphatic rings. The standard InChI is InChI=1S/C13H20N2O4/c1-3-8-15(9-7-12(16)18-4-2)13(17)10-5-6-11(14)19-10/h5-6H,3-4,7-9,14H2,1-2H3. The number of nitrogen functional groups attached to an aromatic ring is 1. The number of anilines is 1. The highest BCUT2D eigenvalue weighted by molar-refractivity contribution is 5.92. The molecule has 0 radical (unpaired) electrons. The summed E-state index contributed by atoms with van der Waals surface area (Å²) in [5.41, 5.74) is 5.44. The molecular weight excluding hydrogens is 248 g/mol. The van der Waals surface area contributed by atoms with Gasteiger partial charge in [-0.15, -0.1) is 0 Å². The molecule has 1 rings (SSSR count). The number of hydrogen-bond acceptors (Lipinski definition) is 5. The van der Waals surface area contributed by atoms with Gasteiger partial charge in [-0.2, -0.15) is 0 Å². The largest absolute Gasteiger partial charge is 0.466 e. The summed E-state index contributed by atoms with van der Waals surface area (Å²) in [6, 6.07) is 3.06. The predicted octanol–water partition coefficient (Wildman–Crippen LogP) is 1.67. The van der Waals surface area contributed by atoms with E-state index in [0.29, 0.717) is 19.7 Å². The molecule has 0 aliphatic heterocycles. The number of esters is 1. The smallest absolute Gasteiger partial charge is 0.307 e. The van der Waals surface area contributed by atoms with E-state index in [-0.39, 0.29) is 29.9 Å². The van der Waals surface area contributed by atoms with Crippen LogP contribution >= 0.6 is 0 Å². The lowest BCUT2D eigenvalue weighted by molar-refractivity contribution is -0.143. The summed E-state index contributed by atoms with van der Waals surface area (Å²) in [5, 5.41) is 0. The topological polar surface area (TPSA) is 85.8 Å². The number of ether oxygens (including phenoxy) is 1. The van der Waals surface area contributed by atoms with Gasteiger partial charge in [-0.05, 0) is 19.4 Å². The number of furan rings is 1. The minimum absolute atomic E-state index is 0.176. The molecule has 0 atom stereocenters. The van der Waals surface area contributed by atoms with Crippen LogP contribution in [0, 0.1) is 0 Å². The maximum Gasteiger partial charge on any atom is 0.307 e. The van der Waals surface area contributed by atoms with Gasteiger partial charge in [0.15, 0.2) is 11.6 Å². The zero-order valence-electron chi connectivity index (χ0n) is 11.3. The van der Waals surface area contributed by atoms with Crippen LogP contribution in [0.4, 0.5) is 5.88 Å². The van der Waals surface area contributed by atoms with Crippen LogP contribution in [0.2, 0.25) is 0 Å². The third kappa shape index (κ3) is 4.65. The van der Waals surface area contributed by atoms with Gasteiger partial charge in [0.25, 0.3) is 5.91 Å². The predicted molar refractivity (Wildman–Crippen MR) is 70.6 cm³/mol. The summed E-state index contributed by atoms with van der Waals surface area (Å²) in [4.78, 5) is 25.0. The van der Waals surface area contributed by atoms with E-state index in [4.69, 9.17) is 14.9 Å². The van der Waals surface area contributed by atoms with Crippen LogP contribution in [0.1, 0.15) is 37.2 Å². The van der Waals surface area contributed by atoms with Crippen molar-refractivity contribution in [2.45, 2.75) is 26.7 Å². The Morgan fingerprint density at radius 1 is 1.32 bits per heavy atom. The van der Waals surface area contributed by atoms with Crippen molar-refractivity contribution in [1.29, 1.82) is 0 Å². The van der Waals surface area contributed by atoms with Crippen molar-refractivity contribution in [3.63, 3.8) is 0 Å². The molecule has 0 spiro atoms. The Hall–Kier alpha value is -1.98. The molecule has 2 N–H and O–H groups in total. The van der Waals surface area contributed by atoms with E-state index in [1.54, 1.807) is 11.8 Å². The third-order valence-corrected chi connectivity index (χ3v) is 2.51. The Morgan fingerprint density at radius 3 is 2.58 bits per heavy atom. The fraction of sp³-hybridized carbons (Fsp3) is 0.538. The lowest BCUT2D eigenvalue weighted by Crippen LogP contribution is -2.33. The van der Waals surface area contributed by atoms with Crippen LogP contribution in [0.15, 0.2) is 16.5 Å². The minimum atomic E-state index is -0.310. The number of nitrogens with zero attached hydrogens (tertiary/aromatic N) is 1. The second-order valence-electron chi connectivity index (χ2n) is 4.05. The van der Waals surface area contributed by atoms with E-state index in [9.17, 15) is 9.59 Å². The molecule has 1 heterocycles. The van der Waals surface area contributed by atoms with Crippen LogP contribution in [0.25, 0.3) is 0 Å². The Morgan fingerprint density at radius 2 is 2.05 bits per heavy atom. The van der Waals surface area contributed by atoms with Gasteiger partial charge >= 0.3 is 5.97 Å². The molecule has 0 saturated carbocycles. The highest BCUT2D eigenvalue weighted by Gasteiger charge is 2.19. The van der Waals surface area contributed by atoms with E-state index < -0.39 is 0 Å². The maximum absolute atomic E-state index is 12.1. The van der Waals surface area contributed by atoms with E-state index >= 15 is 0 Å². The van der Waals surface area contributed by atoms with E-state index in [1.807, 2.05) is 6.92 Å². The normalized spacial score (nSPS) is 10.2. The summed E-state index contributed by atoms with van der Waals surface area (Å²) >= 11 is 0. The second-order valence-corrected chi connectivity index (χ2v) is 4.05. The average molecular weight is 268 g/mol. The third-order valence-electron chi connectivity index (χ3n) is 2.51. The van der Waals surface area contributed by atoms with E-state index in [0.717, 1.165) is 6.42 Å². The highest BCUT2D eigenvalue weighted by atomic mass is 16.5. The Balaban J connectivity index is 2.61. The Bertz CT molecular complexity index is 428. The Kier molecular flexibility index (Phi) is 5.92. The van der Waals surface area contributed by atoms with E-state index in [2.05, 4.69) is 0 Å². The fourth-order valence-electron chi connectivity index (χ4n) is 1.67. The van der Waals surface area contributed by atoms with Crippen LogP contribution in [0.5, 0.6) is 0 Å². The lowest BCUT2D eigenvalue weighted by atomic mass is 10.3. The monoisotopic (exact) mass is 268 g/mol. The van der Waals surface area contributed by atoms with Gasteiger partial charge in [-0.1, -0.05) is 6.92 Å². The van der Waals surface area contributed by atoms with Crippen molar-refractivity contribution >= 4 is 17.8 Å². The van der Waals surface area contributed by atoms with Crippen LogP contribution < -0.4 is 5.73 Å². The van der Waals surface area contributed by atoms with Crippen molar-refractivity contribution in [1.82, 2.24) is 4.90 Å². The molecule has 106 valence electrons. The first-order valence-corrected chi connectivity index (χ1v) is 6.38. The molecule has 1 aromatic heterocycles. The summed E-state index contributed by atoms with van der Waals surface area (Å²) in [5.74, 6) is -0.182. The quantitative estimate of drug-likeness (QED) is 0.760. The number of nitrogens with two attached hydrogens (primary N) is 1. The Labute approximate surface area is 112 Å². The van der Waals surface area contributed by atoms with Crippen LogP contribution in [0.3, 0.4) is 0 Å². The van der Waals surface area contributed by atoms with Crippen LogP contribution in [-0.4, -0.2) is 36.5 Å². The van der Waals surface area contributed by atoms with Crippen molar-refractivity contribution in [3.8, 4) is 0 Å². The summed E-state index contributed by atoms with van der Waals surface area (Å²) in [6.07, 6.45) is 0.973. The summed E-state index contributed by atoms with van der Waals surface area (Å²) in [6.45, 7) is 4.92. The van der Waals surface area contributed by atoms with Gasteiger partial charge in [0, 0.05) is 19.2 Å². The van der Waals surface area contributed by atoms with E-state index in [1.165, 1.54) is 12.1 Å². The van der Waals surface area contributed by atoms with Gasteiger partial charge in [0.05, 0.1) is 13.0 Å². The van der Waals surface area contributed by atoms with Gasteiger partial charge in [0.2, 0.25) is 0 Å². The van der Waals surface area contributed by atoms with Gasteiger partial charge < -0.3 is 19.8 Å². The first-order chi connectivity index (χ1) is 9.08. The van der Waals surface area contributed by atoms with Gasteiger partial charge in [-0.25, -0.2) is 0 Å². The molecular formula is C13H20N2O4. The first-order valence-electron chi connectivity index (χ1n) is 6.38. The minimum Gasteiger partial charge on any atom is -0.466 e. The zero-order chi connectivity index (χ0) is 14.3. The van der Waals surface area contributed by atoms with Gasteiger partial charge in [0.1, 0.15) is 0 Å². The highest BCUT2D eigenvalue weighted by Crippen LogP contribution is 2.12. The maximum atomic E-state index is 12.1. The zero-order valence-corrected chi connectivity index (χ0v) is 11.3. The first kappa shape index (κ1) is 15.1. The molecule has 0 fully saturated rings. The molecule has 6 heteroatoms. The fourth-order valence-corrected chi connectivity index (χ4v) is 1.67.